The SMILES string of the molecule is COCCNC(=O)Cn1c(NCc2ccccc2Cl)nc2ccccc21. The van der Waals surface area contributed by atoms with Gasteiger partial charge < -0.3 is 19.9 Å². The maximum absolute atomic E-state index is 12.2. The summed E-state index contributed by atoms with van der Waals surface area (Å²) in [6.45, 7) is 1.65. The Balaban J connectivity index is 1.80. The van der Waals surface area contributed by atoms with Crippen molar-refractivity contribution >= 4 is 34.5 Å². The molecule has 1 amide bonds. The smallest absolute Gasteiger partial charge is 0.240 e. The molecule has 6 nitrogen and oxygen atoms in total. The number of halogens is 1. The van der Waals surface area contributed by atoms with E-state index >= 15 is 0 Å². The predicted molar refractivity (Wildman–Crippen MR) is 103 cm³/mol. The topological polar surface area (TPSA) is 68.2 Å². The molecule has 2 N–H and O–H groups in total. The zero-order chi connectivity index (χ0) is 18.4. The van der Waals surface area contributed by atoms with E-state index in [1.165, 1.54) is 0 Å². The molecule has 0 spiro atoms. The molecule has 3 aromatic rings. The van der Waals surface area contributed by atoms with E-state index in [0.717, 1.165) is 16.6 Å². The Labute approximate surface area is 157 Å². The number of imidazole rings is 1. The maximum Gasteiger partial charge on any atom is 0.240 e. The first kappa shape index (κ1) is 18.2. The van der Waals surface area contributed by atoms with E-state index in [4.69, 9.17) is 16.3 Å². The van der Waals surface area contributed by atoms with Crippen LogP contribution >= 0.6 is 11.6 Å². The van der Waals surface area contributed by atoms with Crippen LogP contribution in [-0.2, 0) is 22.6 Å². The lowest BCUT2D eigenvalue weighted by Crippen LogP contribution is -2.30. The van der Waals surface area contributed by atoms with E-state index < -0.39 is 0 Å². The average Bonchev–Trinajstić information content (AvgIpc) is 2.99. The molecule has 1 aromatic heterocycles. The monoisotopic (exact) mass is 372 g/mol. The molecule has 1 heterocycles. The number of methoxy groups -OCH3 is 1. The van der Waals surface area contributed by atoms with E-state index in [1.54, 1.807) is 7.11 Å². The summed E-state index contributed by atoms with van der Waals surface area (Å²) in [6, 6.07) is 15.4. The summed E-state index contributed by atoms with van der Waals surface area (Å²) in [5.41, 5.74) is 2.70. The first-order valence-electron chi connectivity index (χ1n) is 8.37. The second kappa shape index (κ2) is 8.69. The fourth-order valence-corrected chi connectivity index (χ4v) is 2.88. The highest BCUT2D eigenvalue weighted by Gasteiger charge is 2.13. The van der Waals surface area contributed by atoms with Crippen LogP contribution in [0.1, 0.15) is 5.56 Å². The lowest BCUT2D eigenvalue weighted by Gasteiger charge is -2.12. The summed E-state index contributed by atoms with van der Waals surface area (Å²) < 4.78 is 6.83. The van der Waals surface area contributed by atoms with Crippen LogP contribution in [0, 0.1) is 0 Å². The Morgan fingerprint density at radius 3 is 2.77 bits per heavy atom. The number of carbonyl (C=O) groups excluding carboxylic acids is 1. The van der Waals surface area contributed by atoms with Gasteiger partial charge in [0, 0.05) is 25.2 Å². The Bertz CT molecular complexity index is 894. The van der Waals surface area contributed by atoms with Crippen molar-refractivity contribution in [3.8, 4) is 0 Å². The molecular formula is C19H21ClN4O2. The Morgan fingerprint density at radius 1 is 1.19 bits per heavy atom. The minimum atomic E-state index is -0.0917. The number of hydrogen-bond donors (Lipinski definition) is 2. The number of benzene rings is 2. The third kappa shape index (κ3) is 4.33. The normalized spacial score (nSPS) is 10.8. The Kier molecular flexibility index (Phi) is 6.09. The van der Waals surface area contributed by atoms with Crippen LogP contribution in [0.15, 0.2) is 48.5 Å². The van der Waals surface area contributed by atoms with Gasteiger partial charge in [-0.1, -0.05) is 41.9 Å². The molecule has 0 aliphatic heterocycles. The molecule has 0 saturated carbocycles. The van der Waals surface area contributed by atoms with Crippen LogP contribution in [-0.4, -0.2) is 35.7 Å². The lowest BCUT2D eigenvalue weighted by molar-refractivity contribution is -0.121. The summed E-state index contributed by atoms with van der Waals surface area (Å²) in [5, 5.41) is 6.82. The van der Waals surface area contributed by atoms with Crippen molar-refractivity contribution in [1.29, 1.82) is 0 Å². The molecule has 0 fully saturated rings. The highest BCUT2D eigenvalue weighted by molar-refractivity contribution is 6.31. The maximum atomic E-state index is 12.2. The van der Waals surface area contributed by atoms with Crippen molar-refractivity contribution in [1.82, 2.24) is 14.9 Å². The second-order valence-corrected chi connectivity index (χ2v) is 6.21. The average molecular weight is 373 g/mol. The highest BCUT2D eigenvalue weighted by atomic mass is 35.5. The molecule has 136 valence electrons. The molecule has 0 atom stereocenters. The van der Waals surface area contributed by atoms with Crippen LogP contribution < -0.4 is 10.6 Å². The number of para-hydroxylation sites is 2. The zero-order valence-corrected chi connectivity index (χ0v) is 15.3. The fraction of sp³-hybridized carbons (Fsp3) is 0.263. The van der Waals surface area contributed by atoms with Gasteiger partial charge in [0.05, 0.1) is 17.6 Å². The number of carbonyl (C=O) groups is 1. The van der Waals surface area contributed by atoms with Crippen LogP contribution in [0.5, 0.6) is 0 Å². The molecule has 26 heavy (non-hydrogen) atoms. The van der Waals surface area contributed by atoms with Gasteiger partial charge in [0.1, 0.15) is 6.54 Å². The summed E-state index contributed by atoms with van der Waals surface area (Å²) in [7, 11) is 1.60. The van der Waals surface area contributed by atoms with Crippen molar-refractivity contribution in [2.45, 2.75) is 13.1 Å². The van der Waals surface area contributed by atoms with Crippen molar-refractivity contribution in [3.05, 3.63) is 59.1 Å². The Morgan fingerprint density at radius 2 is 1.96 bits per heavy atom. The second-order valence-electron chi connectivity index (χ2n) is 5.80. The predicted octanol–water partition coefficient (Wildman–Crippen LogP) is 3.06. The summed E-state index contributed by atoms with van der Waals surface area (Å²) in [5.74, 6) is 0.541. The molecular weight excluding hydrogens is 352 g/mol. The van der Waals surface area contributed by atoms with Crippen LogP contribution in [0.4, 0.5) is 5.95 Å². The molecule has 0 radical (unpaired) electrons. The van der Waals surface area contributed by atoms with Gasteiger partial charge in [-0.25, -0.2) is 4.98 Å². The number of fused-ring (bicyclic) bond motifs is 1. The Hall–Kier alpha value is -2.57. The molecule has 3 rings (SSSR count). The van der Waals surface area contributed by atoms with Gasteiger partial charge in [0.25, 0.3) is 0 Å². The number of anilines is 1. The summed E-state index contributed by atoms with van der Waals surface area (Å²) >= 11 is 6.22. The van der Waals surface area contributed by atoms with E-state index in [2.05, 4.69) is 15.6 Å². The minimum Gasteiger partial charge on any atom is -0.383 e. The molecule has 0 bridgehead atoms. The quantitative estimate of drug-likeness (QED) is 0.596. The van der Waals surface area contributed by atoms with Crippen molar-refractivity contribution in [2.24, 2.45) is 0 Å². The van der Waals surface area contributed by atoms with Crippen LogP contribution in [0.3, 0.4) is 0 Å². The van der Waals surface area contributed by atoms with Gasteiger partial charge in [-0.05, 0) is 23.8 Å². The first-order chi connectivity index (χ1) is 12.7. The molecule has 7 heteroatoms. The number of amides is 1. The largest absolute Gasteiger partial charge is 0.383 e. The summed E-state index contributed by atoms with van der Waals surface area (Å²) in [6.07, 6.45) is 0. The first-order valence-corrected chi connectivity index (χ1v) is 8.75. The lowest BCUT2D eigenvalue weighted by atomic mass is 10.2. The fourth-order valence-electron chi connectivity index (χ4n) is 2.68. The van der Waals surface area contributed by atoms with E-state index in [1.807, 2.05) is 53.1 Å². The van der Waals surface area contributed by atoms with Gasteiger partial charge >= 0.3 is 0 Å². The van der Waals surface area contributed by atoms with Crippen molar-refractivity contribution in [3.63, 3.8) is 0 Å². The number of nitrogens with one attached hydrogen (secondary N) is 2. The number of aromatic nitrogens is 2. The third-order valence-electron chi connectivity index (χ3n) is 3.98. The number of rotatable bonds is 8. The van der Waals surface area contributed by atoms with Crippen molar-refractivity contribution < 1.29 is 9.53 Å². The number of nitrogens with zero attached hydrogens (tertiary/aromatic N) is 2. The van der Waals surface area contributed by atoms with Gasteiger partial charge in [-0.15, -0.1) is 0 Å². The van der Waals surface area contributed by atoms with Crippen LogP contribution in [0.25, 0.3) is 11.0 Å². The minimum absolute atomic E-state index is 0.0917. The number of ether oxygens (including phenoxy) is 1. The van der Waals surface area contributed by atoms with Crippen molar-refractivity contribution in [2.75, 3.05) is 25.6 Å². The van der Waals surface area contributed by atoms with Gasteiger partial charge in [0.15, 0.2) is 0 Å². The molecule has 0 unspecified atom stereocenters. The molecule has 0 aliphatic rings. The molecule has 0 aliphatic carbocycles. The van der Waals surface area contributed by atoms with Crippen LogP contribution in [0.2, 0.25) is 5.02 Å². The van der Waals surface area contributed by atoms with Gasteiger partial charge in [-0.3, -0.25) is 4.79 Å². The molecule has 2 aromatic carbocycles. The standard InChI is InChI=1S/C19H21ClN4O2/c1-26-11-10-21-18(25)13-24-17-9-5-4-8-16(17)23-19(24)22-12-14-6-2-3-7-15(14)20/h2-9H,10-13H2,1H3,(H,21,25)(H,22,23). The van der Waals surface area contributed by atoms with E-state index in [0.29, 0.717) is 30.7 Å². The third-order valence-corrected chi connectivity index (χ3v) is 4.35. The number of hydrogen-bond acceptors (Lipinski definition) is 4. The van der Waals surface area contributed by atoms with E-state index in [9.17, 15) is 4.79 Å². The van der Waals surface area contributed by atoms with Gasteiger partial charge in [-0.2, -0.15) is 0 Å². The zero-order valence-electron chi connectivity index (χ0n) is 14.5. The van der Waals surface area contributed by atoms with Gasteiger partial charge in [0.2, 0.25) is 11.9 Å². The molecule has 0 saturated heterocycles. The highest BCUT2D eigenvalue weighted by Crippen LogP contribution is 2.21. The summed E-state index contributed by atoms with van der Waals surface area (Å²) in [4.78, 5) is 16.9. The van der Waals surface area contributed by atoms with E-state index in [-0.39, 0.29) is 12.5 Å².